The van der Waals surface area contributed by atoms with Gasteiger partial charge in [-0.3, -0.25) is 4.79 Å². The minimum absolute atomic E-state index is 0.109. The molecular formula is C10H11F2NO2. The third-order valence-electron chi connectivity index (χ3n) is 1.82. The van der Waals surface area contributed by atoms with Crippen LogP contribution in [0.25, 0.3) is 0 Å². The summed E-state index contributed by atoms with van der Waals surface area (Å²) in [5.74, 6) is -0.565. The van der Waals surface area contributed by atoms with E-state index in [4.69, 9.17) is 0 Å². The fourth-order valence-electron chi connectivity index (χ4n) is 1.15. The summed E-state index contributed by atoms with van der Waals surface area (Å²) in [6.45, 7) is -1.17. The number of alkyl halides is 2. The van der Waals surface area contributed by atoms with Crippen LogP contribution < -0.4 is 10.1 Å². The molecule has 0 aliphatic carbocycles. The molecule has 0 bridgehead atoms. The van der Waals surface area contributed by atoms with Gasteiger partial charge in [-0.15, -0.1) is 0 Å². The topological polar surface area (TPSA) is 38.3 Å². The number of hydrogen-bond acceptors (Lipinski definition) is 2. The average molecular weight is 215 g/mol. The lowest BCUT2D eigenvalue weighted by Gasteiger charge is -2.10. The quantitative estimate of drug-likeness (QED) is 0.836. The number of amides is 1. The Hall–Kier alpha value is -1.65. The summed E-state index contributed by atoms with van der Waals surface area (Å²) in [7, 11) is 1.43. The molecule has 1 N–H and O–H groups in total. The van der Waals surface area contributed by atoms with E-state index in [1.165, 1.54) is 19.2 Å². The average Bonchev–Trinajstić information content (AvgIpc) is 2.19. The first kappa shape index (κ1) is 11.4. The second-order valence-electron chi connectivity index (χ2n) is 2.96. The van der Waals surface area contributed by atoms with Gasteiger partial charge in [0.05, 0.1) is 5.56 Å². The zero-order valence-corrected chi connectivity index (χ0v) is 8.38. The van der Waals surface area contributed by atoms with E-state index < -0.39 is 12.5 Å². The van der Waals surface area contributed by atoms with E-state index in [1.54, 1.807) is 13.0 Å². The van der Waals surface area contributed by atoms with Crippen LogP contribution in [-0.4, -0.2) is 19.6 Å². The van der Waals surface area contributed by atoms with E-state index >= 15 is 0 Å². The Kier molecular flexibility index (Phi) is 3.60. The number of carbonyl (C=O) groups excluding carboxylic acids is 1. The van der Waals surface area contributed by atoms with Crippen molar-refractivity contribution in [3.63, 3.8) is 0 Å². The van der Waals surface area contributed by atoms with Gasteiger partial charge in [0.2, 0.25) is 0 Å². The van der Waals surface area contributed by atoms with Gasteiger partial charge in [0.1, 0.15) is 5.75 Å². The second kappa shape index (κ2) is 4.72. The number of benzene rings is 1. The van der Waals surface area contributed by atoms with Crippen molar-refractivity contribution >= 4 is 5.91 Å². The van der Waals surface area contributed by atoms with Gasteiger partial charge in [0.15, 0.2) is 0 Å². The maximum Gasteiger partial charge on any atom is 0.387 e. The van der Waals surface area contributed by atoms with Crippen LogP contribution >= 0.6 is 0 Å². The molecule has 0 unspecified atom stereocenters. The maximum atomic E-state index is 12.0. The molecule has 0 spiro atoms. The van der Waals surface area contributed by atoms with Crippen molar-refractivity contribution in [2.75, 3.05) is 7.05 Å². The molecule has 15 heavy (non-hydrogen) atoms. The van der Waals surface area contributed by atoms with Gasteiger partial charge in [-0.1, -0.05) is 11.6 Å². The molecule has 0 fully saturated rings. The van der Waals surface area contributed by atoms with E-state index in [1.807, 2.05) is 0 Å². The van der Waals surface area contributed by atoms with Crippen LogP contribution in [0.1, 0.15) is 15.9 Å². The van der Waals surface area contributed by atoms with Crippen molar-refractivity contribution in [2.24, 2.45) is 0 Å². The molecule has 1 amide bonds. The molecule has 0 aliphatic heterocycles. The maximum absolute atomic E-state index is 12.0. The van der Waals surface area contributed by atoms with E-state index in [0.29, 0.717) is 0 Å². The first-order chi connectivity index (χ1) is 7.04. The van der Waals surface area contributed by atoms with Crippen molar-refractivity contribution < 1.29 is 18.3 Å². The Morgan fingerprint density at radius 3 is 2.67 bits per heavy atom. The molecule has 1 rings (SSSR count). The highest BCUT2D eigenvalue weighted by molar-refractivity contribution is 5.96. The normalized spacial score (nSPS) is 10.2. The highest BCUT2D eigenvalue weighted by atomic mass is 19.3. The predicted molar refractivity (Wildman–Crippen MR) is 51.2 cm³/mol. The van der Waals surface area contributed by atoms with Gasteiger partial charge in [-0.05, 0) is 19.1 Å². The molecular weight excluding hydrogens is 204 g/mol. The summed E-state index contributed by atoms with van der Waals surface area (Å²) in [6, 6.07) is 4.45. The van der Waals surface area contributed by atoms with Crippen molar-refractivity contribution in [2.45, 2.75) is 13.5 Å². The van der Waals surface area contributed by atoms with Crippen molar-refractivity contribution in [3.05, 3.63) is 29.3 Å². The lowest BCUT2D eigenvalue weighted by molar-refractivity contribution is -0.0501. The number of hydrogen-bond donors (Lipinski definition) is 1. The molecule has 0 radical (unpaired) electrons. The number of carbonyl (C=O) groups is 1. The first-order valence-electron chi connectivity index (χ1n) is 4.32. The summed E-state index contributed by atoms with van der Waals surface area (Å²) in [5, 5.41) is 2.36. The molecule has 1 aromatic carbocycles. The largest absolute Gasteiger partial charge is 0.434 e. The van der Waals surface area contributed by atoms with Gasteiger partial charge in [0.25, 0.3) is 5.91 Å². The van der Waals surface area contributed by atoms with E-state index in [9.17, 15) is 13.6 Å². The molecule has 3 nitrogen and oxygen atoms in total. The molecule has 0 aromatic heterocycles. The summed E-state index contributed by atoms with van der Waals surface area (Å²) in [5.41, 5.74) is 0.910. The monoisotopic (exact) mass is 215 g/mol. The molecule has 0 saturated heterocycles. The van der Waals surface area contributed by atoms with Crippen LogP contribution in [0.4, 0.5) is 8.78 Å². The summed E-state index contributed by atoms with van der Waals surface area (Å²) >= 11 is 0. The molecule has 0 atom stereocenters. The SMILES string of the molecule is CNC(=O)c1cc(C)ccc1OC(F)F. The van der Waals surface area contributed by atoms with Gasteiger partial charge >= 0.3 is 6.61 Å². The lowest BCUT2D eigenvalue weighted by Crippen LogP contribution is -2.19. The number of halogens is 2. The number of rotatable bonds is 3. The molecule has 0 saturated carbocycles. The molecule has 1 aromatic rings. The van der Waals surface area contributed by atoms with E-state index in [0.717, 1.165) is 5.56 Å². The number of aryl methyl sites for hydroxylation is 1. The number of nitrogens with one attached hydrogen (secondary N) is 1. The Labute approximate surface area is 86.0 Å². The summed E-state index contributed by atoms with van der Waals surface area (Å²) < 4.78 is 28.3. The van der Waals surface area contributed by atoms with Crippen LogP contribution in [0.3, 0.4) is 0 Å². The first-order valence-corrected chi connectivity index (χ1v) is 4.32. The van der Waals surface area contributed by atoms with Crippen LogP contribution in [0.2, 0.25) is 0 Å². The Bertz CT molecular complexity index is 366. The van der Waals surface area contributed by atoms with Gasteiger partial charge in [-0.25, -0.2) is 0 Å². The molecule has 82 valence electrons. The van der Waals surface area contributed by atoms with E-state index in [2.05, 4.69) is 10.1 Å². The van der Waals surface area contributed by atoms with Crippen molar-refractivity contribution in [1.29, 1.82) is 0 Å². The van der Waals surface area contributed by atoms with Gasteiger partial charge in [-0.2, -0.15) is 8.78 Å². The fraction of sp³-hybridized carbons (Fsp3) is 0.300. The van der Waals surface area contributed by atoms with Crippen LogP contribution in [0, 0.1) is 6.92 Å². The third kappa shape index (κ3) is 2.90. The Morgan fingerprint density at radius 2 is 2.13 bits per heavy atom. The highest BCUT2D eigenvalue weighted by Crippen LogP contribution is 2.21. The zero-order valence-electron chi connectivity index (χ0n) is 8.38. The van der Waals surface area contributed by atoms with Crippen LogP contribution in [0.15, 0.2) is 18.2 Å². The minimum atomic E-state index is -2.93. The van der Waals surface area contributed by atoms with Crippen LogP contribution in [0.5, 0.6) is 5.75 Å². The Morgan fingerprint density at radius 1 is 1.47 bits per heavy atom. The van der Waals surface area contributed by atoms with Crippen molar-refractivity contribution in [1.82, 2.24) is 5.32 Å². The Balaban J connectivity index is 3.08. The van der Waals surface area contributed by atoms with Gasteiger partial charge < -0.3 is 10.1 Å². The van der Waals surface area contributed by atoms with Crippen LogP contribution in [-0.2, 0) is 0 Å². The zero-order chi connectivity index (χ0) is 11.4. The smallest absolute Gasteiger partial charge is 0.387 e. The predicted octanol–water partition coefficient (Wildman–Crippen LogP) is 1.96. The third-order valence-corrected chi connectivity index (χ3v) is 1.82. The van der Waals surface area contributed by atoms with Gasteiger partial charge in [0, 0.05) is 7.05 Å². The van der Waals surface area contributed by atoms with Crippen molar-refractivity contribution in [3.8, 4) is 5.75 Å². The molecule has 0 heterocycles. The lowest BCUT2D eigenvalue weighted by atomic mass is 10.1. The summed E-state index contributed by atoms with van der Waals surface area (Å²) in [4.78, 5) is 11.3. The highest BCUT2D eigenvalue weighted by Gasteiger charge is 2.14. The number of ether oxygens (including phenoxy) is 1. The molecule has 0 aliphatic rings. The second-order valence-corrected chi connectivity index (χ2v) is 2.96. The van der Waals surface area contributed by atoms with E-state index in [-0.39, 0.29) is 11.3 Å². The standard InChI is InChI=1S/C10H11F2NO2/c1-6-3-4-8(15-10(11)12)7(5-6)9(14)13-2/h3-5,10H,1-2H3,(H,13,14). The minimum Gasteiger partial charge on any atom is -0.434 e. The fourth-order valence-corrected chi connectivity index (χ4v) is 1.15. The molecule has 5 heteroatoms. The summed E-state index contributed by atoms with van der Waals surface area (Å²) in [6.07, 6.45) is 0.